The Morgan fingerprint density at radius 1 is 0.850 bits per heavy atom. The molecule has 0 aliphatic heterocycles. The molecule has 0 aromatic heterocycles. The van der Waals surface area contributed by atoms with Gasteiger partial charge in [0.25, 0.3) is 0 Å². The van der Waals surface area contributed by atoms with Crippen LogP contribution in [0.1, 0.15) is 0 Å². The highest BCUT2D eigenvalue weighted by Gasteiger charge is 1.91. The Bertz CT molecular complexity index is 462. The van der Waals surface area contributed by atoms with Gasteiger partial charge in [-0.05, 0) is 48.5 Å². The molecule has 2 aromatic carbocycles. The van der Waals surface area contributed by atoms with Crippen LogP contribution in [0.5, 0.6) is 11.5 Å². The molecule has 1 N–H and O–H groups in total. The van der Waals surface area contributed by atoms with Gasteiger partial charge in [-0.25, -0.2) is 0 Å². The van der Waals surface area contributed by atoms with E-state index >= 15 is 0 Å². The summed E-state index contributed by atoms with van der Waals surface area (Å²) in [5, 5.41) is 8.74. The molecule has 0 saturated heterocycles. The van der Waals surface area contributed by atoms with Crippen molar-refractivity contribution in [2.24, 2.45) is 0 Å². The number of ether oxygens (including phenoxy) is 2. The molecule has 3 nitrogen and oxygen atoms in total. The molecule has 0 aliphatic rings. The van der Waals surface area contributed by atoms with Crippen molar-refractivity contribution in [3.05, 3.63) is 57.5 Å². The van der Waals surface area contributed by atoms with Crippen molar-refractivity contribution in [3.63, 3.8) is 0 Å². The number of phenolic OH excluding ortho intramolecular Hbond substituents is 1. The van der Waals surface area contributed by atoms with Crippen LogP contribution < -0.4 is 4.74 Å². The van der Waals surface area contributed by atoms with Crippen LogP contribution in [0.15, 0.2) is 57.5 Å². The predicted octanol–water partition coefficient (Wildman–Crippen LogP) is 4.63. The van der Waals surface area contributed by atoms with Crippen LogP contribution in [-0.2, 0) is 4.74 Å². The third-order valence-electron chi connectivity index (χ3n) is 2.20. The summed E-state index contributed by atoms with van der Waals surface area (Å²) in [6.45, 7) is 1.22. The normalized spacial score (nSPS) is 9.55. The highest BCUT2D eigenvalue weighted by Crippen LogP contribution is 2.15. The molecule has 0 amide bonds. The van der Waals surface area contributed by atoms with E-state index in [9.17, 15) is 0 Å². The largest absolute Gasteiger partial charge is 0.508 e. The molecule has 0 saturated carbocycles. The molecule has 0 bridgehead atoms. The van der Waals surface area contributed by atoms with Crippen molar-refractivity contribution in [3.8, 4) is 11.5 Å². The predicted molar refractivity (Wildman–Crippen MR) is 87.3 cm³/mol. The average Bonchev–Trinajstić information content (AvgIpc) is 2.45. The first-order valence-corrected chi connectivity index (χ1v) is 7.52. The minimum absolute atomic E-state index is 0.299. The fourth-order valence-corrected chi connectivity index (χ4v) is 1.74. The van der Waals surface area contributed by atoms with Crippen molar-refractivity contribution in [1.29, 1.82) is 0 Å². The number of rotatable bonds is 4. The lowest BCUT2D eigenvalue weighted by Gasteiger charge is -2.04. The molecule has 0 atom stereocenters. The summed E-state index contributed by atoms with van der Waals surface area (Å²) in [5.41, 5.74) is 0. The molecular weight excluding hydrogens is 388 g/mol. The van der Waals surface area contributed by atoms with Crippen molar-refractivity contribution < 1.29 is 14.6 Å². The van der Waals surface area contributed by atoms with E-state index in [0.717, 1.165) is 14.7 Å². The Morgan fingerprint density at radius 3 is 1.80 bits per heavy atom. The highest BCUT2D eigenvalue weighted by atomic mass is 79.9. The Morgan fingerprint density at radius 2 is 1.35 bits per heavy atom. The lowest BCUT2D eigenvalue weighted by Crippen LogP contribution is -2.03. The van der Waals surface area contributed by atoms with E-state index < -0.39 is 0 Å². The number of halogens is 2. The number of hydrogen-bond acceptors (Lipinski definition) is 3. The second-order valence-electron chi connectivity index (χ2n) is 3.77. The standard InChI is InChI=1S/C9H11BrO2.C6H5BrO/c1-11-6-7-12-9-4-2-8(10)3-5-9;7-5-1-3-6(8)4-2-5/h2-5H,6-7H2,1H3;1-4,8H. The molecule has 0 aliphatic carbocycles. The molecule has 2 aromatic rings. The molecule has 0 spiro atoms. The molecule has 0 heterocycles. The first-order valence-electron chi connectivity index (χ1n) is 5.93. The van der Waals surface area contributed by atoms with Crippen LogP contribution in [0.25, 0.3) is 0 Å². The smallest absolute Gasteiger partial charge is 0.119 e. The second kappa shape index (κ2) is 9.80. The van der Waals surface area contributed by atoms with Crippen LogP contribution in [0.4, 0.5) is 0 Å². The highest BCUT2D eigenvalue weighted by molar-refractivity contribution is 9.10. The van der Waals surface area contributed by atoms with Gasteiger partial charge >= 0.3 is 0 Å². The van der Waals surface area contributed by atoms with Crippen LogP contribution in [-0.4, -0.2) is 25.4 Å². The Balaban J connectivity index is 0.000000217. The molecule has 20 heavy (non-hydrogen) atoms. The monoisotopic (exact) mass is 402 g/mol. The maximum absolute atomic E-state index is 8.74. The lowest BCUT2D eigenvalue weighted by molar-refractivity contribution is 0.146. The molecule has 0 fully saturated rings. The van der Waals surface area contributed by atoms with Crippen LogP contribution in [0.3, 0.4) is 0 Å². The Kier molecular flexibility index (Phi) is 8.34. The summed E-state index contributed by atoms with van der Waals surface area (Å²) in [7, 11) is 1.66. The van der Waals surface area contributed by atoms with E-state index in [1.165, 1.54) is 0 Å². The molecule has 2 rings (SSSR count). The van der Waals surface area contributed by atoms with Gasteiger partial charge in [-0.3, -0.25) is 0 Å². The first-order chi connectivity index (χ1) is 9.61. The van der Waals surface area contributed by atoms with Crippen LogP contribution in [0.2, 0.25) is 0 Å². The van der Waals surface area contributed by atoms with E-state index in [4.69, 9.17) is 14.6 Å². The maximum Gasteiger partial charge on any atom is 0.119 e. The summed E-state index contributed by atoms with van der Waals surface area (Å²) in [5.74, 6) is 1.17. The Hall–Kier alpha value is -1.04. The minimum Gasteiger partial charge on any atom is -0.508 e. The van der Waals surface area contributed by atoms with Gasteiger partial charge < -0.3 is 14.6 Å². The van der Waals surface area contributed by atoms with Gasteiger partial charge in [0.1, 0.15) is 18.1 Å². The number of aromatic hydroxyl groups is 1. The third-order valence-corrected chi connectivity index (χ3v) is 3.25. The number of benzene rings is 2. The molecule has 108 valence electrons. The zero-order valence-corrected chi connectivity index (χ0v) is 14.2. The van der Waals surface area contributed by atoms with Gasteiger partial charge in [-0.2, -0.15) is 0 Å². The van der Waals surface area contributed by atoms with E-state index in [0.29, 0.717) is 19.0 Å². The van der Waals surface area contributed by atoms with Crippen LogP contribution >= 0.6 is 31.9 Å². The van der Waals surface area contributed by atoms with E-state index in [1.54, 1.807) is 31.4 Å². The third kappa shape index (κ3) is 7.53. The van der Waals surface area contributed by atoms with Gasteiger partial charge in [0.15, 0.2) is 0 Å². The number of methoxy groups -OCH3 is 1. The zero-order chi connectivity index (χ0) is 14.8. The SMILES string of the molecule is COCCOc1ccc(Br)cc1.Oc1ccc(Br)cc1. The van der Waals surface area contributed by atoms with Gasteiger partial charge in [0.2, 0.25) is 0 Å². The average molecular weight is 404 g/mol. The Labute approximate surface area is 135 Å². The minimum atomic E-state index is 0.299. The van der Waals surface area contributed by atoms with Crippen molar-refractivity contribution in [2.45, 2.75) is 0 Å². The summed E-state index contributed by atoms with van der Waals surface area (Å²) in [6.07, 6.45) is 0. The number of phenols is 1. The van der Waals surface area contributed by atoms with E-state index in [-0.39, 0.29) is 0 Å². The fourth-order valence-electron chi connectivity index (χ4n) is 1.21. The van der Waals surface area contributed by atoms with E-state index in [2.05, 4.69) is 31.9 Å². The van der Waals surface area contributed by atoms with Gasteiger partial charge in [0, 0.05) is 16.1 Å². The van der Waals surface area contributed by atoms with Crippen molar-refractivity contribution in [1.82, 2.24) is 0 Å². The number of hydrogen-bond donors (Lipinski definition) is 1. The summed E-state index contributed by atoms with van der Waals surface area (Å²) < 4.78 is 12.2. The topological polar surface area (TPSA) is 38.7 Å². The van der Waals surface area contributed by atoms with E-state index in [1.807, 2.05) is 24.3 Å². The summed E-state index contributed by atoms with van der Waals surface area (Å²) >= 11 is 6.58. The molecule has 0 radical (unpaired) electrons. The molecule has 5 heteroatoms. The zero-order valence-electron chi connectivity index (χ0n) is 11.1. The van der Waals surface area contributed by atoms with Gasteiger partial charge in [-0.15, -0.1) is 0 Å². The maximum atomic E-state index is 8.74. The van der Waals surface area contributed by atoms with Crippen molar-refractivity contribution in [2.75, 3.05) is 20.3 Å². The quantitative estimate of drug-likeness (QED) is 0.756. The van der Waals surface area contributed by atoms with Crippen LogP contribution in [0, 0.1) is 0 Å². The molecular formula is C15H16Br2O3. The fraction of sp³-hybridized carbons (Fsp3) is 0.200. The second-order valence-corrected chi connectivity index (χ2v) is 5.60. The summed E-state index contributed by atoms with van der Waals surface area (Å²) in [4.78, 5) is 0. The van der Waals surface area contributed by atoms with Gasteiger partial charge in [-0.1, -0.05) is 31.9 Å². The molecule has 0 unspecified atom stereocenters. The lowest BCUT2D eigenvalue weighted by atomic mass is 10.3. The first kappa shape index (κ1) is 17.0. The summed E-state index contributed by atoms with van der Waals surface area (Å²) in [6, 6.07) is 14.6. The van der Waals surface area contributed by atoms with Gasteiger partial charge in [0.05, 0.1) is 6.61 Å². The van der Waals surface area contributed by atoms with Crippen molar-refractivity contribution >= 4 is 31.9 Å².